The van der Waals surface area contributed by atoms with Crippen LogP contribution >= 0.6 is 45.1 Å². The van der Waals surface area contributed by atoms with E-state index in [1.807, 2.05) is 0 Å². The topological polar surface area (TPSA) is 257 Å². The first-order valence-electron chi connectivity index (χ1n) is 13.6. The zero-order chi connectivity index (χ0) is 32.1. The van der Waals surface area contributed by atoms with Crippen LogP contribution in [-0.2, 0) is 39.4 Å². The number of phosphoric acid groups is 3. The van der Waals surface area contributed by atoms with Crippen molar-refractivity contribution in [3.63, 3.8) is 0 Å². The van der Waals surface area contributed by atoms with Gasteiger partial charge in [-0.25, -0.2) is 14.1 Å². The summed E-state index contributed by atoms with van der Waals surface area (Å²) >= 11 is -0.519. The Balaban J connectivity index is 0.955. The SMILES string of the molecule is CC(C)(SSCOC1C[C@H](n2cnc3c(N)ncnc32)O[C@@H]1COP(=O)(O)OP(=O)(O)OP(=O)(O)O)[I-]OC1C2C3C2C2C1C32. The predicted octanol–water partition coefficient (Wildman–Crippen LogP) is -0.360. The molecule has 0 amide bonds. The molecule has 5 saturated carbocycles. The van der Waals surface area contributed by atoms with Crippen LogP contribution in [0.1, 0.15) is 26.5 Å². The van der Waals surface area contributed by atoms with Crippen LogP contribution in [0.25, 0.3) is 11.2 Å². The van der Waals surface area contributed by atoms with Crippen molar-refractivity contribution < 1.29 is 80.6 Å². The van der Waals surface area contributed by atoms with Crippen molar-refractivity contribution >= 4 is 62.0 Å². The van der Waals surface area contributed by atoms with Crippen molar-refractivity contribution in [2.75, 3.05) is 18.3 Å². The van der Waals surface area contributed by atoms with Crippen LogP contribution in [0.3, 0.4) is 0 Å². The number of rotatable bonds is 16. The third kappa shape index (κ3) is 6.80. The van der Waals surface area contributed by atoms with Crippen molar-refractivity contribution in [3.05, 3.63) is 12.7 Å². The average molecular weight is 844 g/mol. The van der Waals surface area contributed by atoms with Crippen molar-refractivity contribution in [2.24, 2.45) is 35.5 Å². The molecule has 6 N–H and O–H groups in total. The summed E-state index contributed by atoms with van der Waals surface area (Å²) < 4.78 is 67.7. The average Bonchev–Trinajstić information content (AvgIpc) is 3.34. The summed E-state index contributed by atoms with van der Waals surface area (Å²) in [6.45, 7) is 3.66. The van der Waals surface area contributed by atoms with Gasteiger partial charge in [-0.05, 0) is 0 Å². The van der Waals surface area contributed by atoms with Crippen molar-refractivity contribution in [3.8, 4) is 0 Å². The van der Waals surface area contributed by atoms with E-state index >= 15 is 0 Å². The van der Waals surface area contributed by atoms with E-state index in [1.165, 1.54) is 23.4 Å². The number of imidazole rings is 1. The zero-order valence-corrected chi connectivity index (χ0v) is 29.9. The maximum absolute atomic E-state index is 12.4. The number of anilines is 1. The first-order chi connectivity index (χ1) is 21.0. The second kappa shape index (κ2) is 11.8. The van der Waals surface area contributed by atoms with Crippen LogP contribution in [0, 0.1) is 35.5 Å². The van der Waals surface area contributed by atoms with Crippen LogP contribution in [0.15, 0.2) is 12.7 Å². The Morgan fingerprint density at radius 2 is 1.73 bits per heavy atom. The number of ether oxygens (including phenoxy) is 2. The molecule has 6 fully saturated rings. The minimum atomic E-state index is -5.67. The van der Waals surface area contributed by atoms with E-state index in [0.29, 0.717) is 17.3 Å². The van der Waals surface area contributed by atoms with Crippen molar-refractivity contribution in [2.45, 2.75) is 47.6 Å². The molecule has 2 bridgehead atoms. The molecule has 6 aliphatic rings. The van der Waals surface area contributed by atoms with Crippen LogP contribution in [0.2, 0.25) is 0 Å². The Labute approximate surface area is 274 Å². The third-order valence-corrected chi connectivity index (χ3v) is 19.0. The summed E-state index contributed by atoms with van der Waals surface area (Å²) in [4.78, 5) is 49.3. The van der Waals surface area contributed by atoms with E-state index in [2.05, 4.69) is 37.4 Å². The Morgan fingerprint density at radius 1 is 1.04 bits per heavy atom. The van der Waals surface area contributed by atoms with Gasteiger partial charge in [-0.15, -0.1) is 0 Å². The summed E-state index contributed by atoms with van der Waals surface area (Å²) in [5, 5.41) is 0. The number of aromatic nitrogens is 4. The molecule has 0 radical (unpaired) electrons. The minimum absolute atomic E-state index is 0.0690. The van der Waals surface area contributed by atoms with Gasteiger partial charge in [0.15, 0.2) is 0 Å². The zero-order valence-electron chi connectivity index (χ0n) is 23.4. The number of nitrogens with two attached hydrogens (primary N) is 1. The molecule has 2 aromatic rings. The molecular weight excluding hydrogens is 814 g/mol. The van der Waals surface area contributed by atoms with Crippen LogP contribution in [0.4, 0.5) is 5.82 Å². The quantitative estimate of drug-likeness (QED) is 0.0361. The van der Waals surface area contributed by atoms with Crippen LogP contribution in [-0.4, -0.2) is 72.7 Å². The first-order valence-corrected chi connectivity index (χ1v) is 22.4. The number of nitrogens with zero attached hydrogens (tertiary/aromatic N) is 4. The fourth-order valence-corrected chi connectivity index (χ4v) is 15.6. The molecule has 3 unspecified atom stereocenters. The fourth-order valence-electron chi connectivity index (χ4n) is 7.13. The van der Waals surface area contributed by atoms with Gasteiger partial charge in [0.1, 0.15) is 0 Å². The molecule has 2 aromatic heterocycles. The van der Waals surface area contributed by atoms with Crippen molar-refractivity contribution in [1.82, 2.24) is 19.5 Å². The summed E-state index contributed by atoms with van der Waals surface area (Å²) in [5.41, 5.74) is 6.63. The van der Waals surface area contributed by atoms with Gasteiger partial charge in [0.2, 0.25) is 0 Å². The third-order valence-electron chi connectivity index (χ3n) is 8.65. The van der Waals surface area contributed by atoms with Gasteiger partial charge in [0.25, 0.3) is 0 Å². The second-order valence-electron chi connectivity index (χ2n) is 11.8. The Bertz CT molecular complexity index is 1590. The number of alkyl halides is 1. The van der Waals surface area contributed by atoms with E-state index in [-0.39, 0.29) is 20.9 Å². The molecule has 0 aromatic carbocycles. The molecule has 252 valence electrons. The molecule has 8 rings (SSSR count). The monoisotopic (exact) mass is 844 g/mol. The van der Waals surface area contributed by atoms with Gasteiger partial charge >= 0.3 is 237 Å². The summed E-state index contributed by atoms with van der Waals surface area (Å²) in [6, 6.07) is 0. The number of hydrogen-bond donors (Lipinski definition) is 5. The second-order valence-corrected chi connectivity index (χ2v) is 23.5. The summed E-state index contributed by atoms with van der Waals surface area (Å²) in [6.07, 6.45) is 1.02. The predicted molar refractivity (Wildman–Crippen MR) is 153 cm³/mol. The molecule has 1 saturated heterocycles. The maximum atomic E-state index is 12.4. The summed E-state index contributed by atoms with van der Waals surface area (Å²) in [7, 11) is -13.4. The van der Waals surface area contributed by atoms with E-state index in [9.17, 15) is 23.5 Å². The van der Waals surface area contributed by atoms with Gasteiger partial charge in [-0.2, -0.15) is 4.31 Å². The molecule has 45 heavy (non-hydrogen) atoms. The molecule has 24 heteroatoms. The van der Waals surface area contributed by atoms with Gasteiger partial charge in [-0.1, -0.05) is 0 Å². The number of hydrogen-bond acceptors (Lipinski definition) is 15. The van der Waals surface area contributed by atoms with Gasteiger partial charge in [0, 0.05) is 0 Å². The van der Waals surface area contributed by atoms with E-state index in [0.717, 1.165) is 35.5 Å². The normalized spacial score (nSPS) is 37.3. The fraction of sp³-hybridized carbons (Fsp3) is 0.762. The first kappa shape index (κ1) is 33.6. The number of nitrogen functional groups attached to an aromatic ring is 1. The van der Waals surface area contributed by atoms with E-state index in [4.69, 9.17) is 32.6 Å². The number of fused-ring (bicyclic) bond motifs is 1. The van der Waals surface area contributed by atoms with E-state index < -0.39 is 70.1 Å². The molecule has 5 atom stereocenters. The van der Waals surface area contributed by atoms with Gasteiger partial charge in [-0.3, -0.25) is 0 Å². The van der Waals surface area contributed by atoms with Crippen molar-refractivity contribution in [1.29, 1.82) is 0 Å². The van der Waals surface area contributed by atoms with Gasteiger partial charge in [0.05, 0.1) is 0 Å². The molecule has 5 aliphatic carbocycles. The molecule has 0 spiro atoms. The van der Waals surface area contributed by atoms with E-state index in [1.54, 1.807) is 15.4 Å². The van der Waals surface area contributed by atoms with Crippen LogP contribution in [0.5, 0.6) is 0 Å². The molecular formula is C21H30IN5O13P3S2-. The molecule has 1 aliphatic heterocycles. The van der Waals surface area contributed by atoms with Crippen LogP contribution < -0.4 is 27.4 Å². The number of halogens is 1. The Hall–Kier alpha value is 0.0700. The summed E-state index contributed by atoms with van der Waals surface area (Å²) in [5.74, 6) is 5.86. The Kier molecular flexibility index (Phi) is 8.84. The van der Waals surface area contributed by atoms with Gasteiger partial charge < -0.3 is 20.4 Å². The molecule has 18 nitrogen and oxygen atoms in total. The standard InChI is InChI=1S/C21H30IN5O13P3S2/c1-21(2,22-38-18-15-11-12(15)14-13(11)16(14)18)45-44-7-35-8-3-10(27-6-26-17-19(23)24-5-25-20(17)27)37-9(8)4-36-42(31,32)40-43(33,34)39-41(28,29)30/h5-6,8-16,18H,3-4,7H2,1-2H3,(H,31,32)(H,33,34)(H2,23,24,25)(H2,28,29,30)/q-1/t8?,9-,10-,11?,12?,13?,14?,15?,16?,18?/m1/s1. The Morgan fingerprint density at radius 3 is 2.40 bits per heavy atom. The number of phosphoric ester groups is 1. The molecule has 3 heterocycles.